The molecule has 3 N–H and O–H groups in total. The molecule has 1 heterocycles. The summed E-state index contributed by atoms with van der Waals surface area (Å²) in [6, 6.07) is 24.7. The second-order valence-electron chi connectivity index (χ2n) is 8.36. The third-order valence-electron chi connectivity index (χ3n) is 6.04. The van der Waals surface area contributed by atoms with Crippen molar-refractivity contribution in [2.24, 2.45) is 5.73 Å². The number of amides is 2. The molecule has 0 aliphatic heterocycles. The van der Waals surface area contributed by atoms with Crippen molar-refractivity contribution in [2.75, 3.05) is 12.4 Å². The molecular weight excluding hydrogens is 438 g/mol. The van der Waals surface area contributed by atoms with E-state index in [4.69, 9.17) is 10.5 Å². The van der Waals surface area contributed by atoms with Gasteiger partial charge in [-0.2, -0.15) is 0 Å². The number of aromatic nitrogens is 1. The number of nitrogens with one attached hydrogen (secondary N) is 1. The van der Waals surface area contributed by atoms with Crippen molar-refractivity contribution in [1.82, 2.24) is 4.98 Å². The third-order valence-corrected chi connectivity index (χ3v) is 6.04. The number of aryl methyl sites for hydroxylation is 1. The number of benzene rings is 4. The Balaban J connectivity index is 1.58. The SMILES string of the molecule is COc1cc2nccc(-c3ccc4c(C(=O)Nc5cccc(C)c5)cccc4c3)c2cc1C(N)=O. The van der Waals surface area contributed by atoms with E-state index in [1.54, 1.807) is 18.3 Å². The van der Waals surface area contributed by atoms with Crippen LogP contribution in [0.5, 0.6) is 5.75 Å². The fraction of sp³-hybridized carbons (Fsp3) is 0.0690. The predicted molar refractivity (Wildman–Crippen MR) is 139 cm³/mol. The number of pyridine rings is 1. The first-order valence-corrected chi connectivity index (χ1v) is 11.1. The van der Waals surface area contributed by atoms with E-state index in [2.05, 4.69) is 10.3 Å². The molecule has 0 aliphatic carbocycles. The summed E-state index contributed by atoms with van der Waals surface area (Å²) in [5.74, 6) is -0.347. The van der Waals surface area contributed by atoms with Crippen LogP contribution in [0.1, 0.15) is 26.3 Å². The first-order valence-electron chi connectivity index (χ1n) is 11.1. The van der Waals surface area contributed by atoms with Crippen LogP contribution in [0, 0.1) is 6.92 Å². The lowest BCUT2D eigenvalue weighted by Gasteiger charge is -2.13. The number of fused-ring (bicyclic) bond motifs is 2. The number of nitrogens with two attached hydrogens (primary N) is 1. The highest BCUT2D eigenvalue weighted by Crippen LogP contribution is 2.34. The molecule has 0 radical (unpaired) electrons. The average Bonchev–Trinajstić information content (AvgIpc) is 2.86. The number of carbonyl (C=O) groups is 2. The molecular formula is C29H23N3O3. The van der Waals surface area contributed by atoms with E-state index in [0.717, 1.165) is 38.5 Å². The molecule has 0 unspecified atom stereocenters. The van der Waals surface area contributed by atoms with Crippen molar-refractivity contribution >= 4 is 39.2 Å². The fourth-order valence-electron chi connectivity index (χ4n) is 4.36. The first kappa shape index (κ1) is 22.1. The van der Waals surface area contributed by atoms with Gasteiger partial charge in [0.1, 0.15) is 5.75 Å². The number of primary amides is 1. The summed E-state index contributed by atoms with van der Waals surface area (Å²) in [5, 5.41) is 5.54. The predicted octanol–water partition coefficient (Wildman–Crippen LogP) is 5.72. The molecule has 6 nitrogen and oxygen atoms in total. The highest BCUT2D eigenvalue weighted by atomic mass is 16.5. The zero-order valence-corrected chi connectivity index (χ0v) is 19.3. The highest BCUT2D eigenvalue weighted by Gasteiger charge is 2.15. The van der Waals surface area contributed by atoms with Crippen LogP contribution in [0.2, 0.25) is 0 Å². The number of rotatable bonds is 5. The Labute approximate surface area is 202 Å². The van der Waals surface area contributed by atoms with Gasteiger partial charge in [-0.05, 0) is 70.8 Å². The zero-order chi connectivity index (χ0) is 24.5. The Morgan fingerprint density at radius 3 is 2.49 bits per heavy atom. The molecule has 4 aromatic carbocycles. The second kappa shape index (κ2) is 8.91. The molecule has 0 bridgehead atoms. The lowest BCUT2D eigenvalue weighted by molar-refractivity contribution is 0.0995. The molecule has 0 aliphatic rings. The smallest absolute Gasteiger partial charge is 0.256 e. The first-order chi connectivity index (χ1) is 16.9. The maximum atomic E-state index is 13.1. The van der Waals surface area contributed by atoms with Crippen molar-refractivity contribution < 1.29 is 14.3 Å². The Hall–Kier alpha value is -4.71. The Morgan fingerprint density at radius 2 is 1.71 bits per heavy atom. The third kappa shape index (κ3) is 4.17. The fourth-order valence-corrected chi connectivity index (χ4v) is 4.36. The molecule has 0 saturated carbocycles. The standard InChI is InChI=1S/C29H23N3O3/c1-17-5-3-7-20(13-17)32-29(34)23-8-4-6-18-14-19(9-10-21(18)23)22-11-12-31-26-16-27(35-2)25(28(30)33)15-24(22)26/h3-16H,1-2H3,(H2,30,33)(H,32,34). The zero-order valence-electron chi connectivity index (χ0n) is 19.3. The summed E-state index contributed by atoms with van der Waals surface area (Å²) in [6.45, 7) is 1.99. The van der Waals surface area contributed by atoms with Crippen LogP contribution in [-0.4, -0.2) is 23.9 Å². The van der Waals surface area contributed by atoms with Gasteiger partial charge in [-0.25, -0.2) is 0 Å². The monoisotopic (exact) mass is 461 g/mol. The number of nitrogens with zero attached hydrogens (tertiary/aromatic N) is 1. The maximum Gasteiger partial charge on any atom is 0.256 e. The quantitative estimate of drug-likeness (QED) is 0.350. The van der Waals surface area contributed by atoms with Crippen LogP contribution in [0.3, 0.4) is 0 Å². The van der Waals surface area contributed by atoms with Gasteiger partial charge in [0.15, 0.2) is 0 Å². The van der Waals surface area contributed by atoms with Gasteiger partial charge >= 0.3 is 0 Å². The van der Waals surface area contributed by atoms with E-state index < -0.39 is 5.91 Å². The van der Waals surface area contributed by atoms with E-state index >= 15 is 0 Å². The molecule has 172 valence electrons. The molecule has 0 spiro atoms. The van der Waals surface area contributed by atoms with E-state index in [9.17, 15) is 9.59 Å². The van der Waals surface area contributed by atoms with Gasteiger partial charge in [-0.3, -0.25) is 14.6 Å². The van der Waals surface area contributed by atoms with Crippen molar-refractivity contribution in [3.8, 4) is 16.9 Å². The van der Waals surface area contributed by atoms with Crippen LogP contribution in [-0.2, 0) is 0 Å². The minimum atomic E-state index is -0.568. The van der Waals surface area contributed by atoms with Crippen LogP contribution in [0.4, 0.5) is 5.69 Å². The summed E-state index contributed by atoms with van der Waals surface area (Å²) in [5.41, 5.74) is 10.8. The Kier molecular flexibility index (Phi) is 5.63. The normalized spacial score (nSPS) is 10.9. The molecule has 1 aromatic heterocycles. The number of hydrogen-bond donors (Lipinski definition) is 2. The Morgan fingerprint density at radius 1 is 0.886 bits per heavy atom. The molecule has 0 atom stereocenters. The van der Waals surface area contributed by atoms with Gasteiger partial charge in [0.25, 0.3) is 11.8 Å². The van der Waals surface area contributed by atoms with Gasteiger partial charge in [0.2, 0.25) is 0 Å². The topological polar surface area (TPSA) is 94.3 Å². The lowest BCUT2D eigenvalue weighted by Crippen LogP contribution is -2.12. The molecule has 6 heteroatoms. The molecule has 35 heavy (non-hydrogen) atoms. The Bertz CT molecular complexity index is 1630. The molecule has 5 rings (SSSR count). The number of hydrogen-bond acceptors (Lipinski definition) is 4. The summed E-state index contributed by atoms with van der Waals surface area (Å²) < 4.78 is 5.32. The van der Waals surface area contributed by atoms with Crippen molar-refractivity contribution in [1.29, 1.82) is 0 Å². The summed E-state index contributed by atoms with van der Waals surface area (Å²) in [7, 11) is 1.49. The lowest BCUT2D eigenvalue weighted by atomic mass is 9.95. The number of methoxy groups -OCH3 is 1. The van der Waals surface area contributed by atoms with Crippen LogP contribution in [0.15, 0.2) is 85.1 Å². The molecule has 0 saturated heterocycles. The van der Waals surface area contributed by atoms with Gasteiger partial charge in [0.05, 0.1) is 18.2 Å². The highest BCUT2D eigenvalue weighted by molar-refractivity contribution is 6.13. The number of anilines is 1. The summed E-state index contributed by atoms with van der Waals surface area (Å²) in [4.78, 5) is 29.5. The van der Waals surface area contributed by atoms with E-state index in [1.807, 2.05) is 73.7 Å². The van der Waals surface area contributed by atoms with Gasteiger partial charge in [-0.1, -0.05) is 36.4 Å². The second-order valence-corrected chi connectivity index (χ2v) is 8.36. The van der Waals surface area contributed by atoms with Gasteiger partial charge < -0.3 is 15.8 Å². The number of ether oxygens (including phenoxy) is 1. The van der Waals surface area contributed by atoms with Crippen LogP contribution >= 0.6 is 0 Å². The van der Waals surface area contributed by atoms with Gasteiger partial charge in [-0.15, -0.1) is 0 Å². The molecule has 2 amide bonds. The minimum Gasteiger partial charge on any atom is -0.496 e. The van der Waals surface area contributed by atoms with E-state index in [-0.39, 0.29) is 5.91 Å². The maximum absolute atomic E-state index is 13.1. The van der Waals surface area contributed by atoms with Crippen LogP contribution < -0.4 is 15.8 Å². The van der Waals surface area contributed by atoms with Crippen LogP contribution in [0.25, 0.3) is 32.8 Å². The van der Waals surface area contributed by atoms with E-state index in [1.165, 1.54) is 7.11 Å². The molecule has 0 fully saturated rings. The molecule has 5 aromatic rings. The minimum absolute atomic E-state index is 0.165. The van der Waals surface area contributed by atoms with Crippen molar-refractivity contribution in [2.45, 2.75) is 6.92 Å². The van der Waals surface area contributed by atoms with Crippen molar-refractivity contribution in [3.05, 3.63) is 102 Å². The summed E-state index contributed by atoms with van der Waals surface area (Å²) >= 11 is 0. The number of carbonyl (C=O) groups excluding carboxylic acids is 2. The van der Waals surface area contributed by atoms with Gasteiger partial charge in [0, 0.05) is 28.9 Å². The average molecular weight is 462 g/mol. The van der Waals surface area contributed by atoms with Crippen molar-refractivity contribution in [3.63, 3.8) is 0 Å². The largest absolute Gasteiger partial charge is 0.496 e. The summed E-state index contributed by atoms with van der Waals surface area (Å²) in [6.07, 6.45) is 1.72. The van der Waals surface area contributed by atoms with E-state index in [0.29, 0.717) is 22.4 Å².